The number of benzene rings is 2. The van der Waals surface area contributed by atoms with E-state index in [-0.39, 0.29) is 22.6 Å². The number of methoxy groups -OCH3 is 1. The summed E-state index contributed by atoms with van der Waals surface area (Å²) in [6.07, 6.45) is 5.33. The minimum Gasteiger partial charge on any atom is -0.496 e. The maximum absolute atomic E-state index is 11.8. The Kier molecular flexibility index (Phi) is 4.46. The zero-order chi connectivity index (χ0) is 19.3. The molecular weight excluding hydrogens is 408 g/mol. The van der Waals surface area contributed by atoms with E-state index in [1.807, 2.05) is 25.1 Å². The van der Waals surface area contributed by atoms with Gasteiger partial charge in [0.1, 0.15) is 11.4 Å². The topological polar surface area (TPSA) is 64.4 Å². The fourth-order valence-corrected chi connectivity index (χ4v) is 4.86. The number of rotatable bonds is 3. The van der Waals surface area contributed by atoms with E-state index in [4.69, 9.17) is 4.74 Å². The van der Waals surface area contributed by atoms with E-state index in [0.717, 1.165) is 38.9 Å². The van der Waals surface area contributed by atoms with Gasteiger partial charge < -0.3 is 10.1 Å². The number of nitrogens with one attached hydrogen (secondary N) is 1. The van der Waals surface area contributed by atoms with E-state index >= 15 is 0 Å². The molecule has 0 radical (unpaired) electrons. The summed E-state index contributed by atoms with van der Waals surface area (Å²) in [7, 11) is 1.66. The third-order valence-electron chi connectivity index (χ3n) is 5.87. The number of allylic oxidation sites excluding steroid dienone is 2. The van der Waals surface area contributed by atoms with Crippen LogP contribution in [0.5, 0.6) is 5.75 Å². The van der Waals surface area contributed by atoms with E-state index in [9.17, 15) is 10.1 Å². The van der Waals surface area contributed by atoms with Gasteiger partial charge in [0.25, 0.3) is 5.69 Å². The van der Waals surface area contributed by atoms with Gasteiger partial charge >= 0.3 is 0 Å². The van der Waals surface area contributed by atoms with Gasteiger partial charge in [-0.1, -0.05) is 28.1 Å². The van der Waals surface area contributed by atoms with Crippen molar-refractivity contribution in [2.24, 2.45) is 5.92 Å². The molecule has 1 aliphatic carbocycles. The smallest absolute Gasteiger partial charge is 0.292 e. The molecule has 5 nitrogen and oxygen atoms in total. The summed E-state index contributed by atoms with van der Waals surface area (Å²) in [5.41, 5.74) is 4.95. The van der Waals surface area contributed by atoms with Crippen LogP contribution in [0.3, 0.4) is 0 Å². The van der Waals surface area contributed by atoms with Crippen LogP contribution in [0.1, 0.15) is 40.6 Å². The highest BCUT2D eigenvalue weighted by atomic mass is 79.9. The van der Waals surface area contributed by atoms with Gasteiger partial charge in [-0.25, -0.2) is 0 Å². The Morgan fingerprint density at radius 2 is 2.07 bits per heavy atom. The number of fused-ring (bicyclic) bond motifs is 3. The standard InChI is InChI=1S/C21H21BrN2O3/c1-11-9-17(24(25)26)21-19(12(11)2)14-5-4-6-15(14)20(23-21)16-10-13(22)7-8-18(16)27-3/h4-5,7-10,14-15,20,23H,6H2,1-3H3/t14-,15+,20+/m0/s1. The largest absolute Gasteiger partial charge is 0.496 e. The predicted molar refractivity (Wildman–Crippen MR) is 110 cm³/mol. The van der Waals surface area contributed by atoms with Gasteiger partial charge in [-0.3, -0.25) is 10.1 Å². The molecular formula is C21H21BrN2O3. The fraction of sp³-hybridized carbons (Fsp3) is 0.333. The lowest BCUT2D eigenvalue weighted by atomic mass is 9.74. The van der Waals surface area contributed by atoms with E-state index in [0.29, 0.717) is 11.6 Å². The van der Waals surface area contributed by atoms with Crippen molar-refractivity contribution in [3.05, 3.63) is 73.3 Å². The summed E-state index contributed by atoms with van der Waals surface area (Å²) in [6.45, 7) is 4.00. The summed E-state index contributed by atoms with van der Waals surface area (Å²) in [5, 5.41) is 15.3. The second-order valence-electron chi connectivity index (χ2n) is 7.25. The first kappa shape index (κ1) is 18.0. The Hall–Kier alpha value is -2.34. The van der Waals surface area contributed by atoms with Gasteiger partial charge in [0, 0.05) is 22.0 Å². The fourth-order valence-electron chi connectivity index (χ4n) is 4.48. The molecule has 0 aromatic heterocycles. The Morgan fingerprint density at radius 1 is 1.30 bits per heavy atom. The van der Waals surface area contributed by atoms with Crippen molar-refractivity contribution in [1.29, 1.82) is 0 Å². The summed E-state index contributed by atoms with van der Waals surface area (Å²) in [6, 6.07) is 7.53. The molecule has 0 saturated carbocycles. The number of nitro groups is 1. The molecule has 2 aromatic rings. The lowest BCUT2D eigenvalue weighted by Gasteiger charge is -2.38. The highest BCUT2D eigenvalue weighted by molar-refractivity contribution is 9.10. The molecule has 4 rings (SSSR count). The monoisotopic (exact) mass is 428 g/mol. The first-order valence-corrected chi connectivity index (χ1v) is 9.76. The van der Waals surface area contributed by atoms with Gasteiger partial charge in [-0.2, -0.15) is 0 Å². The summed E-state index contributed by atoms with van der Waals surface area (Å²) < 4.78 is 6.56. The van der Waals surface area contributed by atoms with Crippen LogP contribution in [0.2, 0.25) is 0 Å². The van der Waals surface area contributed by atoms with Gasteiger partial charge in [0.05, 0.1) is 18.1 Å². The molecule has 0 fully saturated rings. The number of hydrogen-bond acceptors (Lipinski definition) is 4. The molecule has 1 N–H and O–H groups in total. The highest BCUT2D eigenvalue weighted by Crippen LogP contribution is 2.54. The molecule has 0 amide bonds. The molecule has 6 heteroatoms. The van der Waals surface area contributed by atoms with E-state index in [2.05, 4.69) is 40.3 Å². The average Bonchev–Trinajstić information content (AvgIpc) is 3.13. The van der Waals surface area contributed by atoms with Crippen LogP contribution in [0.25, 0.3) is 0 Å². The van der Waals surface area contributed by atoms with Crippen LogP contribution in [0.15, 0.2) is 40.9 Å². The number of halogens is 1. The molecule has 0 bridgehead atoms. The zero-order valence-electron chi connectivity index (χ0n) is 15.5. The van der Waals surface area contributed by atoms with Crippen molar-refractivity contribution >= 4 is 27.3 Å². The Labute approximate surface area is 166 Å². The minimum absolute atomic E-state index is 0.0641. The molecule has 140 valence electrons. The second-order valence-corrected chi connectivity index (χ2v) is 8.16. The molecule has 1 aliphatic heterocycles. The van der Waals surface area contributed by atoms with Gasteiger partial charge in [-0.05, 0) is 61.1 Å². The van der Waals surface area contributed by atoms with Crippen LogP contribution in [-0.4, -0.2) is 12.0 Å². The number of aryl methyl sites for hydroxylation is 1. The lowest BCUT2D eigenvalue weighted by molar-refractivity contribution is -0.384. The molecule has 0 saturated heterocycles. The molecule has 0 unspecified atom stereocenters. The number of hydrogen-bond donors (Lipinski definition) is 1. The maximum Gasteiger partial charge on any atom is 0.292 e. The van der Waals surface area contributed by atoms with Gasteiger partial charge in [0.15, 0.2) is 0 Å². The molecule has 2 aromatic carbocycles. The first-order valence-electron chi connectivity index (χ1n) is 8.97. The molecule has 27 heavy (non-hydrogen) atoms. The van der Waals surface area contributed by atoms with E-state index in [1.54, 1.807) is 13.2 Å². The summed E-state index contributed by atoms with van der Waals surface area (Å²) >= 11 is 3.55. The highest BCUT2D eigenvalue weighted by Gasteiger charge is 2.42. The van der Waals surface area contributed by atoms with Crippen LogP contribution < -0.4 is 10.1 Å². The maximum atomic E-state index is 11.8. The number of anilines is 1. The van der Waals surface area contributed by atoms with Crippen molar-refractivity contribution in [2.75, 3.05) is 12.4 Å². The van der Waals surface area contributed by atoms with E-state index in [1.165, 1.54) is 0 Å². The van der Waals surface area contributed by atoms with Crippen LogP contribution in [-0.2, 0) is 0 Å². The molecule has 0 spiro atoms. The lowest BCUT2D eigenvalue weighted by Crippen LogP contribution is -2.30. The SMILES string of the molecule is COc1ccc(Br)cc1[C@@H]1Nc2c([N+](=O)[O-])cc(C)c(C)c2[C@H]2C=CC[C@H]21. The third kappa shape index (κ3) is 2.83. The normalized spacial score (nSPS) is 22.7. The second kappa shape index (κ2) is 6.68. The molecule has 2 aliphatic rings. The Bertz CT molecular complexity index is 970. The van der Waals surface area contributed by atoms with Crippen molar-refractivity contribution in [3.63, 3.8) is 0 Å². The van der Waals surface area contributed by atoms with Gasteiger partial charge in [0.2, 0.25) is 0 Å². The quantitative estimate of drug-likeness (QED) is 0.380. The van der Waals surface area contributed by atoms with Crippen LogP contribution >= 0.6 is 15.9 Å². The van der Waals surface area contributed by atoms with E-state index < -0.39 is 0 Å². The molecule has 3 atom stereocenters. The van der Waals surface area contributed by atoms with Crippen molar-refractivity contribution < 1.29 is 9.66 Å². The zero-order valence-corrected chi connectivity index (χ0v) is 17.0. The Balaban J connectivity index is 1.93. The van der Waals surface area contributed by atoms with Crippen molar-refractivity contribution in [1.82, 2.24) is 0 Å². The number of nitrogens with zero attached hydrogens (tertiary/aromatic N) is 1. The Morgan fingerprint density at radius 3 is 2.78 bits per heavy atom. The summed E-state index contributed by atoms with van der Waals surface area (Å²) in [4.78, 5) is 11.5. The molecule has 1 heterocycles. The van der Waals surface area contributed by atoms with Crippen molar-refractivity contribution in [3.8, 4) is 5.75 Å². The minimum atomic E-state index is -0.285. The van der Waals surface area contributed by atoms with Crippen LogP contribution in [0.4, 0.5) is 11.4 Å². The predicted octanol–water partition coefficient (Wildman–Crippen LogP) is 5.81. The van der Waals surface area contributed by atoms with Gasteiger partial charge in [-0.15, -0.1) is 0 Å². The number of ether oxygens (including phenoxy) is 1. The third-order valence-corrected chi connectivity index (χ3v) is 6.37. The number of nitro benzene ring substituents is 1. The first-order chi connectivity index (χ1) is 12.9. The van der Waals surface area contributed by atoms with Crippen LogP contribution in [0, 0.1) is 29.9 Å². The van der Waals surface area contributed by atoms with Crippen molar-refractivity contribution in [2.45, 2.75) is 32.2 Å². The average molecular weight is 429 g/mol. The summed E-state index contributed by atoms with van der Waals surface area (Å²) in [5.74, 6) is 1.24.